The lowest BCUT2D eigenvalue weighted by atomic mass is 10.0. The molecule has 0 radical (unpaired) electrons. The SMILES string of the molecule is CCC(CC)C(=N)OC. The molecule has 0 unspecified atom stereocenters. The van der Waals surface area contributed by atoms with Crippen molar-refractivity contribution in [2.24, 2.45) is 5.92 Å². The summed E-state index contributed by atoms with van der Waals surface area (Å²) in [6, 6.07) is 0. The Balaban J connectivity index is 3.64. The zero-order chi connectivity index (χ0) is 7.28. The topological polar surface area (TPSA) is 33.1 Å². The number of methoxy groups -OCH3 is 1. The highest BCUT2D eigenvalue weighted by Gasteiger charge is 2.08. The molecule has 0 heterocycles. The molecule has 1 N–H and O–H groups in total. The van der Waals surface area contributed by atoms with Gasteiger partial charge >= 0.3 is 0 Å². The van der Waals surface area contributed by atoms with Gasteiger partial charge in [-0.1, -0.05) is 13.8 Å². The molecule has 0 aromatic heterocycles. The third-order valence-corrected chi connectivity index (χ3v) is 1.58. The van der Waals surface area contributed by atoms with E-state index in [2.05, 4.69) is 13.8 Å². The Hall–Kier alpha value is -0.530. The smallest absolute Gasteiger partial charge is 0.183 e. The average Bonchev–Trinajstić information content (AvgIpc) is 1.90. The van der Waals surface area contributed by atoms with Crippen molar-refractivity contribution in [3.63, 3.8) is 0 Å². The molecular weight excluding hydrogens is 114 g/mol. The number of ether oxygens (including phenoxy) is 1. The third kappa shape index (κ3) is 2.49. The molecule has 0 aromatic carbocycles. The van der Waals surface area contributed by atoms with E-state index >= 15 is 0 Å². The summed E-state index contributed by atoms with van der Waals surface area (Å²) in [7, 11) is 1.56. The summed E-state index contributed by atoms with van der Waals surface area (Å²) < 4.78 is 4.78. The van der Waals surface area contributed by atoms with Crippen LogP contribution < -0.4 is 0 Å². The van der Waals surface area contributed by atoms with Crippen molar-refractivity contribution in [3.05, 3.63) is 0 Å². The minimum absolute atomic E-state index is 0.329. The Morgan fingerprint density at radius 2 is 1.89 bits per heavy atom. The molecule has 0 aromatic rings. The first kappa shape index (κ1) is 8.47. The van der Waals surface area contributed by atoms with Crippen molar-refractivity contribution in [1.29, 1.82) is 5.41 Å². The highest BCUT2D eigenvalue weighted by atomic mass is 16.5. The highest BCUT2D eigenvalue weighted by Crippen LogP contribution is 2.08. The van der Waals surface area contributed by atoms with Crippen LogP contribution in [-0.4, -0.2) is 13.0 Å². The minimum Gasteiger partial charge on any atom is -0.484 e. The maximum absolute atomic E-state index is 7.27. The van der Waals surface area contributed by atoms with Gasteiger partial charge in [0.15, 0.2) is 5.90 Å². The second-order valence-electron chi connectivity index (χ2n) is 2.08. The van der Waals surface area contributed by atoms with Gasteiger partial charge in [0.05, 0.1) is 7.11 Å². The lowest BCUT2D eigenvalue weighted by molar-refractivity contribution is 0.354. The Morgan fingerprint density at radius 1 is 1.44 bits per heavy atom. The first-order chi connectivity index (χ1) is 4.26. The van der Waals surface area contributed by atoms with Gasteiger partial charge < -0.3 is 4.74 Å². The van der Waals surface area contributed by atoms with Gasteiger partial charge in [0.25, 0.3) is 0 Å². The van der Waals surface area contributed by atoms with E-state index < -0.39 is 0 Å². The van der Waals surface area contributed by atoms with Crippen molar-refractivity contribution >= 4 is 5.90 Å². The first-order valence-corrected chi connectivity index (χ1v) is 3.38. The maximum atomic E-state index is 7.27. The Morgan fingerprint density at radius 3 is 2.00 bits per heavy atom. The van der Waals surface area contributed by atoms with E-state index in [0.29, 0.717) is 11.8 Å². The van der Waals surface area contributed by atoms with E-state index in [9.17, 15) is 0 Å². The van der Waals surface area contributed by atoms with Crippen LogP contribution in [0.2, 0.25) is 0 Å². The molecule has 2 heteroatoms. The van der Waals surface area contributed by atoms with Gasteiger partial charge in [0.1, 0.15) is 0 Å². The van der Waals surface area contributed by atoms with Gasteiger partial charge in [-0.15, -0.1) is 0 Å². The fraction of sp³-hybridized carbons (Fsp3) is 0.857. The molecule has 0 amide bonds. The second kappa shape index (κ2) is 4.36. The Bertz CT molecular complexity index is 86.9. The highest BCUT2D eigenvalue weighted by molar-refractivity contribution is 5.75. The van der Waals surface area contributed by atoms with E-state index in [1.54, 1.807) is 7.11 Å². The molecule has 0 fully saturated rings. The molecule has 2 nitrogen and oxygen atoms in total. The van der Waals surface area contributed by atoms with Gasteiger partial charge in [-0.05, 0) is 12.8 Å². The molecule has 0 saturated carbocycles. The summed E-state index contributed by atoms with van der Waals surface area (Å²) in [6.07, 6.45) is 2.01. The monoisotopic (exact) mass is 129 g/mol. The Kier molecular flexibility index (Phi) is 4.10. The number of rotatable bonds is 3. The molecule has 0 aliphatic rings. The summed E-state index contributed by atoms with van der Waals surface area (Å²) in [5, 5.41) is 7.27. The van der Waals surface area contributed by atoms with Gasteiger partial charge in [-0.3, -0.25) is 5.41 Å². The van der Waals surface area contributed by atoms with E-state index in [-0.39, 0.29) is 0 Å². The summed E-state index contributed by atoms with van der Waals surface area (Å²) in [5.41, 5.74) is 0. The predicted molar refractivity (Wildman–Crippen MR) is 38.8 cm³/mol. The van der Waals surface area contributed by atoms with Crippen molar-refractivity contribution in [2.45, 2.75) is 26.7 Å². The fourth-order valence-corrected chi connectivity index (χ4v) is 0.826. The van der Waals surface area contributed by atoms with Crippen molar-refractivity contribution in [2.75, 3.05) is 7.11 Å². The average molecular weight is 129 g/mol. The molecule has 0 aliphatic carbocycles. The van der Waals surface area contributed by atoms with Crippen molar-refractivity contribution < 1.29 is 4.74 Å². The third-order valence-electron chi connectivity index (χ3n) is 1.58. The largest absolute Gasteiger partial charge is 0.484 e. The molecule has 0 spiro atoms. The summed E-state index contributed by atoms with van der Waals surface area (Å²) >= 11 is 0. The zero-order valence-corrected chi connectivity index (χ0v) is 6.40. The van der Waals surface area contributed by atoms with E-state index in [0.717, 1.165) is 12.8 Å². The molecule has 0 saturated heterocycles. The van der Waals surface area contributed by atoms with Crippen molar-refractivity contribution in [1.82, 2.24) is 0 Å². The first-order valence-electron chi connectivity index (χ1n) is 3.38. The lowest BCUT2D eigenvalue weighted by Gasteiger charge is -2.10. The summed E-state index contributed by atoms with van der Waals surface area (Å²) in [4.78, 5) is 0. The van der Waals surface area contributed by atoms with Gasteiger partial charge in [0.2, 0.25) is 0 Å². The van der Waals surface area contributed by atoms with Crippen LogP contribution in [0, 0.1) is 11.3 Å². The van der Waals surface area contributed by atoms with Crippen LogP contribution in [0.15, 0.2) is 0 Å². The van der Waals surface area contributed by atoms with Gasteiger partial charge in [-0.2, -0.15) is 0 Å². The van der Waals surface area contributed by atoms with E-state index in [1.807, 2.05) is 0 Å². The normalized spacial score (nSPS) is 9.78. The van der Waals surface area contributed by atoms with E-state index in [4.69, 9.17) is 10.1 Å². The Labute approximate surface area is 56.7 Å². The molecule has 9 heavy (non-hydrogen) atoms. The lowest BCUT2D eigenvalue weighted by Crippen LogP contribution is -2.12. The van der Waals surface area contributed by atoms with Crippen LogP contribution in [0.5, 0.6) is 0 Å². The van der Waals surface area contributed by atoms with Crippen LogP contribution in [0.4, 0.5) is 0 Å². The standard InChI is InChI=1S/C7H15NO/c1-4-6(5-2)7(8)9-3/h6,8H,4-5H2,1-3H3. The van der Waals surface area contributed by atoms with E-state index in [1.165, 1.54) is 0 Å². The molecule has 54 valence electrons. The molecule has 0 atom stereocenters. The van der Waals surface area contributed by atoms with Crippen LogP contribution in [0.3, 0.4) is 0 Å². The van der Waals surface area contributed by atoms with Crippen molar-refractivity contribution in [3.8, 4) is 0 Å². The van der Waals surface area contributed by atoms with Crippen LogP contribution in [-0.2, 0) is 4.74 Å². The molecule has 0 aliphatic heterocycles. The maximum Gasteiger partial charge on any atom is 0.183 e. The zero-order valence-electron chi connectivity index (χ0n) is 6.40. The molecule has 0 rings (SSSR count). The fourth-order valence-electron chi connectivity index (χ4n) is 0.826. The number of nitrogens with one attached hydrogen (secondary N) is 1. The number of hydrogen-bond acceptors (Lipinski definition) is 2. The molecular formula is C7H15NO. The van der Waals surface area contributed by atoms with Crippen LogP contribution in [0.25, 0.3) is 0 Å². The van der Waals surface area contributed by atoms with Crippen LogP contribution in [0.1, 0.15) is 26.7 Å². The second-order valence-corrected chi connectivity index (χ2v) is 2.08. The van der Waals surface area contributed by atoms with Gasteiger partial charge in [-0.25, -0.2) is 0 Å². The van der Waals surface area contributed by atoms with Gasteiger partial charge in [0, 0.05) is 5.92 Å². The summed E-state index contributed by atoms with van der Waals surface area (Å²) in [6.45, 7) is 4.14. The quantitative estimate of drug-likeness (QED) is 0.459. The molecule has 0 bridgehead atoms. The minimum atomic E-state index is 0.329. The van der Waals surface area contributed by atoms with Crippen LogP contribution >= 0.6 is 0 Å². The predicted octanol–water partition coefficient (Wildman–Crippen LogP) is 2.05. The number of hydrogen-bond donors (Lipinski definition) is 1. The summed E-state index contributed by atoms with van der Waals surface area (Å²) in [5.74, 6) is 0.745.